The first-order valence-corrected chi connectivity index (χ1v) is 9.45. The summed E-state index contributed by atoms with van der Waals surface area (Å²) in [7, 11) is -3.06. The van der Waals surface area contributed by atoms with Gasteiger partial charge in [-0.05, 0) is 37.1 Å². The van der Waals surface area contributed by atoms with E-state index in [-0.39, 0.29) is 11.2 Å². The van der Waals surface area contributed by atoms with E-state index in [9.17, 15) is 8.42 Å². The van der Waals surface area contributed by atoms with Gasteiger partial charge in [0.2, 0.25) is 10.0 Å². The van der Waals surface area contributed by atoms with Gasteiger partial charge in [-0.3, -0.25) is 0 Å². The van der Waals surface area contributed by atoms with E-state index in [0.29, 0.717) is 31.5 Å². The molecule has 1 fully saturated rings. The fraction of sp³-hybridized carbons (Fsp3) is 1.00. The van der Waals surface area contributed by atoms with Crippen LogP contribution in [-0.4, -0.2) is 44.2 Å². The predicted molar refractivity (Wildman–Crippen MR) is 85.3 cm³/mol. The molecule has 20 heavy (non-hydrogen) atoms. The second-order valence-electron chi connectivity index (χ2n) is 7.32. The van der Waals surface area contributed by atoms with Crippen molar-refractivity contribution in [2.45, 2.75) is 59.9 Å². The van der Waals surface area contributed by atoms with Crippen LogP contribution in [0.3, 0.4) is 0 Å². The van der Waals surface area contributed by atoms with Crippen LogP contribution in [0.4, 0.5) is 0 Å². The molecule has 1 aliphatic rings. The zero-order valence-corrected chi connectivity index (χ0v) is 14.6. The molecule has 0 spiro atoms. The van der Waals surface area contributed by atoms with E-state index in [4.69, 9.17) is 0 Å². The average molecular weight is 305 g/mol. The maximum absolute atomic E-state index is 12.3. The summed E-state index contributed by atoms with van der Waals surface area (Å²) in [5.41, 5.74) is 0.289. The minimum atomic E-state index is -3.06. The largest absolute Gasteiger partial charge is 0.314 e. The Hall–Kier alpha value is -0.130. The number of nitrogens with zero attached hydrogens (tertiary/aromatic N) is 1. The van der Waals surface area contributed by atoms with Crippen LogP contribution in [0.25, 0.3) is 0 Å². The molecule has 0 aliphatic carbocycles. The molecule has 0 radical (unpaired) electrons. The van der Waals surface area contributed by atoms with E-state index in [2.05, 4.69) is 39.9 Å². The van der Waals surface area contributed by atoms with Gasteiger partial charge in [0, 0.05) is 19.1 Å². The van der Waals surface area contributed by atoms with Gasteiger partial charge in [0.25, 0.3) is 0 Å². The summed E-state index contributed by atoms with van der Waals surface area (Å²) in [4.78, 5) is 0. The minimum absolute atomic E-state index is 0.271. The molecule has 0 aromatic carbocycles. The van der Waals surface area contributed by atoms with Crippen molar-refractivity contribution in [2.24, 2.45) is 11.3 Å². The smallest absolute Gasteiger partial charge is 0.214 e. The molecule has 4 nitrogen and oxygen atoms in total. The SMILES string of the molecule is CC(C)NCCCS(=O)(=O)N1CCC(C(C)(C)C)CC1. The lowest BCUT2D eigenvalue weighted by atomic mass is 9.76. The number of nitrogens with one attached hydrogen (secondary N) is 1. The van der Waals surface area contributed by atoms with Crippen LogP contribution in [0.2, 0.25) is 0 Å². The minimum Gasteiger partial charge on any atom is -0.314 e. The summed E-state index contributed by atoms with van der Waals surface area (Å²) in [5, 5.41) is 3.26. The summed E-state index contributed by atoms with van der Waals surface area (Å²) in [5.74, 6) is 0.906. The zero-order valence-electron chi connectivity index (χ0n) is 13.8. The van der Waals surface area contributed by atoms with E-state index in [1.807, 2.05) is 0 Å². The van der Waals surface area contributed by atoms with Gasteiger partial charge in [0.1, 0.15) is 0 Å². The molecule has 1 saturated heterocycles. The molecule has 0 amide bonds. The molecule has 1 heterocycles. The summed E-state index contributed by atoms with van der Waals surface area (Å²) in [6.45, 7) is 13.1. The highest BCUT2D eigenvalue weighted by Gasteiger charge is 2.32. The lowest BCUT2D eigenvalue weighted by Crippen LogP contribution is -2.42. The first-order chi connectivity index (χ1) is 9.13. The molecule has 0 aromatic heterocycles. The highest BCUT2D eigenvalue weighted by molar-refractivity contribution is 7.89. The first-order valence-electron chi connectivity index (χ1n) is 7.84. The van der Waals surface area contributed by atoms with Crippen molar-refractivity contribution in [1.82, 2.24) is 9.62 Å². The normalized spacial score (nSPS) is 19.7. The Labute approximate surface area is 125 Å². The van der Waals surface area contributed by atoms with Gasteiger partial charge in [-0.2, -0.15) is 0 Å². The van der Waals surface area contributed by atoms with E-state index in [1.54, 1.807) is 4.31 Å². The number of rotatable bonds is 6. The Morgan fingerprint density at radius 2 is 1.75 bits per heavy atom. The quantitative estimate of drug-likeness (QED) is 0.767. The van der Waals surface area contributed by atoms with E-state index >= 15 is 0 Å². The number of hydrogen-bond donors (Lipinski definition) is 1. The molecule has 0 aromatic rings. The summed E-state index contributed by atoms with van der Waals surface area (Å²) in [6, 6.07) is 0.417. The maximum Gasteiger partial charge on any atom is 0.214 e. The summed E-state index contributed by atoms with van der Waals surface area (Å²) >= 11 is 0. The van der Waals surface area contributed by atoms with Crippen LogP contribution in [0, 0.1) is 11.3 Å². The summed E-state index contributed by atoms with van der Waals surface area (Å²) < 4.78 is 26.3. The van der Waals surface area contributed by atoms with E-state index < -0.39 is 10.0 Å². The van der Waals surface area contributed by atoms with Crippen molar-refractivity contribution in [3.8, 4) is 0 Å². The fourth-order valence-corrected chi connectivity index (χ4v) is 4.31. The first kappa shape index (κ1) is 17.9. The molecule has 1 aliphatic heterocycles. The van der Waals surface area contributed by atoms with Gasteiger partial charge in [-0.15, -0.1) is 0 Å². The molecular weight excluding hydrogens is 272 g/mol. The van der Waals surface area contributed by atoms with Crippen molar-refractivity contribution in [2.75, 3.05) is 25.4 Å². The maximum atomic E-state index is 12.3. The highest BCUT2D eigenvalue weighted by Crippen LogP contribution is 2.34. The van der Waals surface area contributed by atoms with Crippen LogP contribution < -0.4 is 5.32 Å². The zero-order chi connectivity index (χ0) is 15.4. The van der Waals surface area contributed by atoms with Crippen LogP contribution in [0.5, 0.6) is 0 Å². The number of piperidine rings is 1. The lowest BCUT2D eigenvalue weighted by molar-refractivity contribution is 0.154. The fourth-order valence-electron chi connectivity index (χ4n) is 2.77. The topological polar surface area (TPSA) is 49.4 Å². The Kier molecular flexibility index (Phi) is 6.48. The molecular formula is C15H32N2O2S. The molecule has 0 bridgehead atoms. The molecule has 1 rings (SSSR count). The third-order valence-electron chi connectivity index (χ3n) is 4.20. The highest BCUT2D eigenvalue weighted by atomic mass is 32.2. The van der Waals surface area contributed by atoms with Gasteiger partial charge >= 0.3 is 0 Å². The second-order valence-corrected chi connectivity index (χ2v) is 9.41. The van der Waals surface area contributed by atoms with Crippen LogP contribution in [0.15, 0.2) is 0 Å². The molecule has 0 atom stereocenters. The van der Waals surface area contributed by atoms with Crippen LogP contribution in [0.1, 0.15) is 53.9 Å². The van der Waals surface area contributed by atoms with Gasteiger partial charge < -0.3 is 5.32 Å². The van der Waals surface area contributed by atoms with E-state index in [1.165, 1.54) is 0 Å². The Bertz CT molecular complexity index is 377. The third-order valence-corrected chi connectivity index (χ3v) is 6.16. The van der Waals surface area contributed by atoms with Gasteiger partial charge in [-0.1, -0.05) is 34.6 Å². The van der Waals surface area contributed by atoms with Crippen LogP contribution in [-0.2, 0) is 10.0 Å². The Morgan fingerprint density at radius 1 is 1.20 bits per heavy atom. The van der Waals surface area contributed by atoms with Crippen LogP contribution >= 0.6 is 0 Å². The van der Waals surface area contributed by atoms with Gasteiger partial charge in [0.15, 0.2) is 0 Å². The van der Waals surface area contributed by atoms with E-state index in [0.717, 1.165) is 19.4 Å². The monoisotopic (exact) mass is 304 g/mol. The molecule has 120 valence electrons. The second kappa shape index (κ2) is 7.23. The number of hydrogen-bond acceptors (Lipinski definition) is 3. The van der Waals surface area contributed by atoms with Crippen molar-refractivity contribution in [1.29, 1.82) is 0 Å². The molecule has 0 unspecified atom stereocenters. The van der Waals surface area contributed by atoms with Crippen molar-refractivity contribution in [3.05, 3.63) is 0 Å². The standard InChI is InChI=1S/C15H32N2O2S/c1-13(2)16-9-6-12-20(18,19)17-10-7-14(8-11-17)15(3,4)5/h13-14,16H,6-12H2,1-5H3. The predicted octanol–water partition coefficient (Wildman–Crippen LogP) is 2.46. The van der Waals surface area contributed by atoms with Gasteiger partial charge in [-0.25, -0.2) is 12.7 Å². The lowest BCUT2D eigenvalue weighted by Gasteiger charge is -2.38. The molecule has 5 heteroatoms. The number of sulfonamides is 1. The van der Waals surface area contributed by atoms with Crippen molar-refractivity contribution < 1.29 is 8.42 Å². The average Bonchev–Trinajstić information content (AvgIpc) is 2.34. The van der Waals surface area contributed by atoms with Crippen molar-refractivity contribution >= 4 is 10.0 Å². The molecule has 0 saturated carbocycles. The van der Waals surface area contributed by atoms with Crippen molar-refractivity contribution in [3.63, 3.8) is 0 Å². The summed E-state index contributed by atoms with van der Waals surface area (Å²) in [6.07, 6.45) is 2.68. The van der Waals surface area contributed by atoms with Gasteiger partial charge in [0.05, 0.1) is 5.75 Å². The Balaban J connectivity index is 2.39. The Morgan fingerprint density at radius 3 is 2.20 bits per heavy atom. The third kappa shape index (κ3) is 5.70. The molecule has 1 N–H and O–H groups in total.